The first-order valence-corrected chi connectivity index (χ1v) is 9.58. The number of nitrogens with zero attached hydrogens (tertiary/aromatic N) is 1. The van der Waals surface area contributed by atoms with Gasteiger partial charge in [-0.15, -0.1) is 0 Å². The van der Waals surface area contributed by atoms with Crippen LogP contribution in [0.25, 0.3) is 0 Å². The molecular weight excluding hydrogens is 330 g/mol. The van der Waals surface area contributed by atoms with E-state index in [-0.39, 0.29) is 17.5 Å². The number of hydrogen-bond donors (Lipinski definition) is 3. The second-order valence-electron chi connectivity index (χ2n) is 6.12. The monoisotopic (exact) mass is 355 g/mol. The van der Waals surface area contributed by atoms with Gasteiger partial charge in [0.15, 0.2) is 0 Å². The quantitative estimate of drug-likeness (QED) is 0.748. The minimum absolute atomic E-state index is 0.171. The Hall–Kier alpha value is -1.64. The predicted molar refractivity (Wildman–Crippen MR) is 92.5 cm³/mol. The third kappa shape index (κ3) is 4.46. The van der Waals surface area contributed by atoms with Crippen molar-refractivity contribution in [1.29, 1.82) is 0 Å². The predicted octanol–water partition coefficient (Wildman–Crippen LogP) is 1.67. The van der Waals surface area contributed by atoms with Gasteiger partial charge in [0.1, 0.15) is 0 Å². The van der Waals surface area contributed by atoms with E-state index in [1.807, 2.05) is 0 Å². The lowest BCUT2D eigenvalue weighted by Crippen LogP contribution is -2.38. The highest BCUT2D eigenvalue weighted by molar-refractivity contribution is 7.89. The van der Waals surface area contributed by atoms with E-state index in [0.29, 0.717) is 18.8 Å². The summed E-state index contributed by atoms with van der Waals surface area (Å²) in [6.45, 7) is 4.36. The van der Waals surface area contributed by atoms with Gasteiger partial charge < -0.3 is 15.7 Å². The van der Waals surface area contributed by atoms with Crippen LogP contribution in [-0.2, 0) is 10.0 Å². The van der Waals surface area contributed by atoms with Gasteiger partial charge in [-0.25, -0.2) is 13.2 Å². The van der Waals surface area contributed by atoms with Crippen LogP contribution in [0.1, 0.15) is 31.7 Å². The van der Waals surface area contributed by atoms with Gasteiger partial charge in [0, 0.05) is 18.8 Å². The minimum Gasteiger partial charge on any atom is -0.394 e. The normalized spacial score (nSPS) is 17.3. The first-order chi connectivity index (χ1) is 11.3. The molecule has 0 aliphatic carbocycles. The van der Waals surface area contributed by atoms with E-state index in [1.54, 1.807) is 26.0 Å². The number of aliphatic hydroxyl groups excluding tert-OH is 1. The number of benzene rings is 1. The van der Waals surface area contributed by atoms with Crippen molar-refractivity contribution in [3.8, 4) is 0 Å². The van der Waals surface area contributed by atoms with Crippen LogP contribution < -0.4 is 10.6 Å². The first kappa shape index (κ1) is 18.7. The number of carbonyl (C=O) groups excluding carboxylic acids is 1. The Balaban J connectivity index is 2.20. The molecule has 0 saturated carbocycles. The van der Waals surface area contributed by atoms with E-state index in [2.05, 4.69) is 10.6 Å². The molecule has 0 spiro atoms. The SMILES string of the molecule is Cc1ccc(S(=O)(=O)N2CCCCC2)cc1NC(=O)NC(C)CO. The maximum atomic E-state index is 12.7. The van der Waals surface area contributed by atoms with Crippen molar-refractivity contribution in [2.45, 2.75) is 44.0 Å². The van der Waals surface area contributed by atoms with Crippen LogP contribution in [0.3, 0.4) is 0 Å². The number of hydrogen-bond acceptors (Lipinski definition) is 4. The fourth-order valence-corrected chi connectivity index (χ4v) is 4.12. The first-order valence-electron chi connectivity index (χ1n) is 8.14. The molecule has 3 N–H and O–H groups in total. The Bertz CT molecular complexity index is 685. The molecule has 1 unspecified atom stereocenters. The second kappa shape index (κ2) is 7.96. The number of amides is 2. The summed E-state index contributed by atoms with van der Waals surface area (Å²) in [6.07, 6.45) is 2.80. The van der Waals surface area contributed by atoms with Crippen LogP contribution in [0, 0.1) is 6.92 Å². The van der Waals surface area contributed by atoms with E-state index in [0.717, 1.165) is 24.8 Å². The number of piperidine rings is 1. The molecule has 134 valence electrons. The summed E-state index contributed by atoms with van der Waals surface area (Å²) in [7, 11) is -3.54. The van der Waals surface area contributed by atoms with E-state index in [9.17, 15) is 13.2 Å². The van der Waals surface area contributed by atoms with Crippen LogP contribution >= 0.6 is 0 Å². The van der Waals surface area contributed by atoms with Gasteiger partial charge >= 0.3 is 6.03 Å². The zero-order valence-electron chi connectivity index (χ0n) is 14.1. The number of aliphatic hydroxyl groups is 1. The Morgan fingerprint density at radius 2 is 1.96 bits per heavy atom. The van der Waals surface area contributed by atoms with Crippen LogP contribution in [0.5, 0.6) is 0 Å². The molecule has 1 atom stereocenters. The van der Waals surface area contributed by atoms with Gasteiger partial charge in [0.25, 0.3) is 0 Å². The van der Waals surface area contributed by atoms with Gasteiger partial charge in [-0.05, 0) is 44.4 Å². The maximum absolute atomic E-state index is 12.7. The second-order valence-corrected chi connectivity index (χ2v) is 8.06. The molecule has 1 aliphatic heterocycles. The van der Waals surface area contributed by atoms with Gasteiger partial charge in [-0.3, -0.25) is 0 Å². The summed E-state index contributed by atoms with van der Waals surface area (Å²) < 4.78 is 26.9. The Morgan fingerprint density at radius 3 is 2.58 bits per heavy atom. The van der Waals surface area contributed by atoms with Gasteiger partial charge in [0.2, 0.25) is 10.0 Å². The number of urea groups is 1. The number of sulfonamides is 1. The summed E-state index contributed by atoms with van der Waals surface area (Å²) in [5.41, 5.74) is 1.20. The highest BCUT2D eigenvalue weighted by atomic mass is 32.2. The van der Waals surface area contributed by atoms with E-state index in [1.165, 1.54) is 10.4 Å². The number of anilines is 1. The number of nitrogens with one attached hydrogen (secondary N) is 2. The number of aryl methyl sites for hydroxylation is 1. The molecule has 7 nitrogen and oxygen atoms in total. The highest BCUT2D eigenvalue weighted by Crippen LogP contribution is 2.25. The molecule has 1 aliphatic rings. The van der Waals surface area contributed by atoms with Crippen molar-refractivity contribution in [3.63, 3.8) is 0 Å². The van der Waals surface area contributed by atoms with Crippen LogP contribution in [0.15, 0.2) is 23.1 Å². The average Bonchev–Trinajstić information content (AvgIpc) is 2.57. The highest BCUT2D eigenvalue weighted by Gasteiger charge is 2.26. The van der Waals surface area contributed by atoms with Gasteiger partial charge in [-0.1, -0.05) is 12.5 Å². The summed E-state index contributed by atoms with van der Waals surface area (Å²) >= 11 is 0. The molecule has 0 bridgehead atoms. The minimum atomic E-state index is -3.54. The zero-order chi connectivity index (χ0) is 17.7. The van der Waals surface area contributed by atoms with Crippen molar-refractivity contribution in [2.75, 3.05) is 25.0 Å². The number of rotatable bonds is 5. The molecule has 1 aromatic carbocycles. The van der Waals surface area contributed by atoms with Gasteiger partial charge in [0.05, 0.1) is 17.5 Å². The molecule has 2 rings (SSSR count). The van der Waals surface area contributed by atoms with Crippen molar-refractivity contribution < 1.29 is 18.3 Å². The Kier molecular flexibility index (Phi) is 6.20. The van der Waals surface area contributed by atoms with Crippen LogP contribution in [0.4, 0.5) is 10.5 Å². The Labute approximate surface area is 143 Å². The lowest BCUT2D eigenvalue weighted by atomic mass is 10.2. The van der Waals surface area contributed by atoms with Crippen molar-refractivity contribution >= 4 is 21.7 Å². The summed E-state index contributed by atoms with van der Waals surface area (Å²) in [5.74, 6) is 0. The lowest BCUT2D eigenvalue weighted by Gasteiger charge is -2.26. The van der Waals surface area contributed by atoms with E-state index < -0.39 is 16.1 Å². The molecular formula is C16H25N3O4S. The fraction of sp³-hybridized carbons (Fsp3) is 0.562. The zero-order valence-corrected chi connectivity index (χ0v) is 14.9. The smallest absolute Gasteiger partial charge is 0.319 e. The van der Waals surface area contributed by atoms with Gasteiger partial charge in [-0.2, -0.15) is 4.31 Å². The van der Waals surface area contributed by atoms with Crippen molar-refractivity contribution in [3.05, 3.63) is 23.8 Å². The lowest BCUT2D eigenvalue weighted by molar-refractivity contribution is 0.229. The molecule has 1 aromatic rings. The molecule has 1 saturated heterocycles. The summed E-state index contributed by atoms with van der Waals surface area (Å²) in [4.78, 5) is 12.1. The van der Waals surface area contributed by atoms with Crippen LogP contribution in [-0.4, -0.2) is 49.6 Å². The molecule has 2 amide bonds. The van der Waals surface area contributed by atoms with Crippen LogP contribution in [0.2, 0.25) is 0 Å². The van der Waals surface area contributed by atoms with E-state index >= 15 is 0 Å². The number of carbonyl (C=O) groups is 1. The summed E-state index contributed by atoms with van der Waals surface area (Å²) in [5, 5.41) is 14.2. The maximum Gasteiger partial charge on any atom is 0.319 e. The third-order valence-corrected chi connectivity index (χ3v) is 5.96. The molecule has 1 fully saturated rings. The summed E-state index contributed by atoms with van der Waals surface area (Å²) in [6, 6.07) is 3.88. The van der Waals surface area contributed by atoms with Crippen molar-refractivity contribution in [2.24, 2.45) is 0 Å². The topological polar surface area (TPSA) is 98.7 Å². The standard InChI is InChI=1S/C16H25N3O4S/c1-12-6-7-14(24(22,23)19-8-4-3-5-9-19)10-15(12)18-16(21)17-13(2)11-20/h6-7,10,13,20H,3-5,8-9,11H2,1-2H3,(H2,17,18,21). The molecule has 24 heavy (non-hydrogen) atoms. The fourth-order valence-electron chi connectivity index (χ4n) is 2.58. The Morgan fingerprint density at radius 1 is 1.29 bits per heavy atom. The van der Waals surface area contributed by atoms with E-state index in [4.69, 9.17) is 5.11 Å². The largest absolute Gasteiger partial charge is 0.394 e. The average molecular weight is 355 g/mol. The molecule has 0 aromatic heterocycles. The molecule has 1 heterocycles. The molecule has 8 heteroatoms. The third-order valence-electron chi connectivity index (χ3n) is 4.06. The van der Waals surface area contributed by atoms with Crippen molar-refractivity contribution in [1.82, 2.24) is 9.62 Å². The molecule has 0 radical (unpaired) electrons.